The van der Waals surface area contributed by atoms with Crippen molar-refractivity contribution >= 4 is 12.8 Å². The van der Waals surface area contributed by atoms with Crippen LogP contribution in [0.25, 0.3) is 0 Å². The van der Waals surface area contributed by atoms with Crippen LogP contribution in [0, 0.1) is 0 Å². The molecular formula is C7H17N2S+. The van der Waals surface area contributed by atoms with Crippen LogP contribution in [0.4, 0.5) is 0 Å². The van der Waals surface area contributed by atoms with Crippen LogP contribution in [0.15, 0.2) is 0 Å². The summed E-state index contributed by atoms with van der Waals surface area (Å²) >= 11 is 4.40. The minimum absolute atomic E-state index is 0.741. The van der Waals surface area contributed by atoms with Crippen molar-refractivity contribution in [3.05, 3.63) is 0 Å². The molecule has 1 rings (SSSR count). The zero-order valence-corrected chi connectivity index (χ0v) is 7.32. The molecule has 10 heavy (non-hydrogen) atoms. The molecular weight excluding hydrogens is 144 g/mol. The Balaban J connectivity index is 2.18. The number of thiol groups is 1. The molecule has 0 saturated heterocycles. The Bertz CT molecular complexity index is 91.6. The molecule has 1 aliphatic carbocycles. The topological polar surface area (TPSA) is 30.9 Å². The van der Waals surface area contributed by atoms with Crippen molar-refractivity contribution < 1.29 is 5.73 Å². The van der Waals surface area contributed by atoms with E-state index in [4.69, 9.17) is 0 Å². The van der Waals surface area contributed by atoms with Crippen LogP contribution >= 0.6 is 12.8 Å². The SMILES string of the molecule is [NH3+]CCN(S)C1CCCC1. The van der Waals surface area contributed by atoms with Gasteiger partial charge in [-0.2, -0.15) is 0 Å². The molecule has 60 valence electrons. The highest BCUT2D eigenvalue weighted by molar-refractivity contribution is 7.77. The van der Waals surface area contributed by atoms with Crippen LogP contribution in [0.5, 0.6) is 0 Å². The van der Waals surface area contributed by atoms with E-state index in [-0.39, 0.29) is 0 Å². The molecule has 0 aromatic heterocycles. The normalized spacial score (nSPS) is 20.7. The predicted molar refractivity (Wildman–Crippen MR) is 45.7 cm³/mol. The molecule has 0 amide bonds. The Morgan fingerprint density at radius 2 is 2.00 bits per heavy atom. The first-order valence-corrected chi connectivity index (χ1v) is 4.49. The molecule has 0 aromatic rings. The second-order valence-corrected chi connectivity index (χ2v) is 3.47. The van der Waals surface area contributed by atoms with Gasteiger partial charge in [-0.05, 0) is 12.8 Å². The van der Waals surface area contributed by atoms with Gasteiger partial charge in [0.2, 0.25) is 0 Å². The first-order valence-electron chi connectivity index (χ1n) is 4.09. The molecule has 1 fully saturated rings. The van der Waals surface area contributed by atoms with Gasteiger partial charge in [0.1, 0.15) is 0 Å². The fourth-order valence-corrected chi connectivity index (χ4v) is 1.92. The molecule has 0 atom stereocenters. The van der Waals surface area contributed by atoms with Crippen molar-refractivity contribution in [2.75, 3.05) is 13.1 Å². The molecule has 3 heteroatoms. The second-order valence-electron chi connectivity index (χ2n) is 2.95. The molecule has 0 spiro atoms. The van der Waals surface area contributed by atoms with Gasteiger partial charge in [-0.25, -0.2) is 4.31 Å². The van der Waals surface area contributed by atoms with Gasteiger partial charge in [0.25, 0.3) is 0 Å². The van der Waals surface area contributed by atoms with Crippen LogP contribution in [0.3, 0.4) is 0 Å². The van der Waals surface area contributed by atoms with E-state index in [2.05, 4.69) is 22.9 Å². The summed E-state index contributed by atoms with van der Waals surface area (Å²) in [7, 11) is 0. The maximum atomic E-state index is 4.40. The van der Waals surface area contributed by atoms with E-state index in [1.165, 1.54) is 25.7 Å². The van der Waals surface area contributed by atoms with Gasteiger partial charge in [0, 0.05) is 6.04 Å². The molecule has 0 radical (unpaired) electrons. The third kappa shape index (κ3) is 2.15. The van der Waals surface area contributed by atoms with E-state index in [9.17, 15) is 0 Å². The van der Waals surface area contributed by atoms with Crippen LogP contribution in [0.2, 0.25) is 0 Å². The summed E-state index contributed by atoms with van der Waals surface area (Å²) in [6.07, 6.45) is 5.45. The van der Waals surface area contributed by atoms with Crippen LogP contribution in [-0.4, -0.2) is 23.4 Å². The molecule has 3 N–H and O–H groups in total. The Morgan fingerprint density at radius 3 is 2.50 bits per heavy atom. The molecule has 0 unspecified atom stereocenters. The van der Waals surface area contributed by atoms with Gasteiger partial charge in [0.15, 0.2) is 0 Å². The van der Waals surface area contributed by atoms with Crippen molar-refractivity contribution in [1.29, 1.82) is 0 Å². The highest BCUT2D eigenvalue weighted by Gasteiger charge is 2.19. The summed E-state index contributed by atoms with van der Waals surface area (Å²) in [5.41, 5.74) is 3.81. The van der Waals surface area contributed by atoms with Gasteiger partial charge in [-0.15, -0.1) is 0 Å². The smallest absolute Gasteiger partial charge is 0.0878 e. The minimum atomic E-state index is 0.741. The van der Waals surface area contributed by atoms with Crippen molar-refractivity contribution in [1.82, 2.24) is 4.31 Å². The first kappa shape index (κ1) is 8.37. The first-order chi connectivity index (χ1) is 4.84. The van der Waals surface area contributed by atoms with Crippen molar-refractivity contribution in [2.24, 2.45) is 0 Å². The molecule has 0 heterocycles. The van der Waals surface area contributed by atoms with E-state index in [0.717, 1.165) is 19.1 Å². The number of hydrogen-bond donors (Lipinski definition) is 2. The van der Waals surface area contributed by atoms with Crippen LogP contribution in [-0.2, 0) is 0 Å². The summed E-state index contributed by atoms with van der Waals surface area (Å²) in [6, 6.07) is 0.741. The number of hydrogen-bond acceptors (Lipinski definition) is 2. The largest absolute Gasteiger partial charge is 0.356 e. The van der Waals surface area contributed by atoms with Gasteiger partial charge < -0.3 is 5.73 Å². The Morgan fingerprint density at radius 1 is 1.40 bits per heavy atom. The van der Waals surface area contributed by atoms with E-state index in [0.29, 0.717) is 0 Å². The van der Waals surface area contributed by atoms with Crippen LogP contribution < -0.4 is 5.73 Å². The lowest BCUT2D eigenvalue weighted by Crippen LogP contribution is -2.54. The lowest BCUT2D eigenvalue weighted by atomic mass is 10.2. The maximum Gasteiger partial charge on any atom is 0.0878 e. The van der Waals surface area contributed by atoms with Gasteiger partial charge in [-0.1, -0.05) is 25.7 Å². The highest BCUT2D eigenvalue weighted by atomic mass is 32.1. The Kier molecular flexibility index (Phi) is 3.52. The van der Waals surface area contributed by atoms with Gasteiger partial charge in [-0.3, -0.25) is 0 Å². The third-order valence-electron chi connectivity index (χ3n) is 2.13. The average Bonchev–Trinajstić information content (AvgIpc) is 2.38. The molecule has 0 aliphatic heterocycles. The standard InChI is InChI=1S/C7H16N2S/c8-5-6-9(10)7-3-1-2-4-7/h7,10H,1-6,8H2/p+1. The lowest BCUT2D eigenvalue weighted by Gasteiger charge is -2.20. The molecule has 0 aromatic carbocycles. The zero-order valence-electron chi connectivity index (χ0n) is 6.42. The Hall–Kier alpha value is 0.270. The van der Waals surface area contributed by atoms with Gasteiger partial charge in [0.05, 0.1) is 13.1 Å². The van der Waals surface area contributed by atoms with Crippen molar-refractivity contribution in [3.8, 4) is 0 Å². The summed E-state index contributed by atoms with van der Waals surface area (Å²) < 4.78 is 2.15. The molecule has 1 aliphatic rings. The minimum Gasteiger partial charge on any atom is -0.356 e. The summed E-state index contributed by atoms with van der Waals surface area (Å²) in [5, 5.41) is 0. The van der Waals surface area contributed by atoms with Crippen molar-refractivity contribution in [3.63, 3.8) is 0 Å². The summed E-state index contributed by atoms with van der Waals surface area (Å²) in [6.45, 7) is 2.01. The lowest BCUT2D eigenvalue weighted by molar-refractivity contribution is -0.367. The van der Waals surface area contributed by atoms with Crippen LogP contribution in [0.1, 0.15) is 25.7 Å². The zero-order chi connectivity index (χ0) is 7.40. The maximum absolute atomic E-state index is 4.40. The number of rotatable bonds is 3. The molecule has 2 nitrogen and oxygen atoms in total. The van der Waals surface area contributed by atoms with E-state index in [1.807, 2.05) is 0 Å². The Labute approximate surface area is 68.3 Å². The van der Waals surface area contributed by atoms with Crippen molar-refractivity contribution in [2.45, 2.75) is 31.7 Å². The highest BCUT2D eigenvalue weighted by Crippen LogP contribution is 2.23. The monoisotopic (exact) mass is 161 g/mol. The van der Waals surface area contributed by atoms with Gasteiger partial charge >= 0.3 is 0 Å². The predicted octanol–water partition coefficient (Wildman–Crippen LogP) is 0.318. The summed E-state index contributed by atoms with van der Waals surface area (Å²) in [4.78, 5) is 0. The van der Waals surface area contributed by atoms with E-state index in [1.54, 1.807) is 0 Å². The molecule has 0 bridgehead atoms. The van der Waals surface area contributed by atoms with E-state index >= 15 is 0 Å². The quantitative estimate of drug-likeness (QED) is 0.574. The number of nitrogens with zero attached hydrogens (tertiary/aromatic N) is 1. The fraction of sp³-hybridized carbons (Fsp3) is 1.00. The summed E-state index contributed by atoms with van der Waals surface area (Å²) in [5.74, 6) is 0. The second kappa shape index (κ2) is 4.21. The average molecular weight is 161 g/mol. The van der Waals surface area contributed by atoms with E-state index < -0.39 is 0 Å². The number of quaternary nitrogens is 1. The third-order valence-corrected chi connectivity index (χ3v) is 2.66. The fourth-order valence-electron chi connectivity index (χ4n) is 1.55. The molecule has 1 saturated carbocycles.